The molecular formula is C12H18FN3O3S. The number of nitrogens with two attached hydrogens (primary N) is 2. The fourth-order valence-corrected chi connectivity index (χ4v) is 3.25. The Hall–Kier alpha value is -1.67. The van der Waals surface area contributed by atoms with E-state index in [2.05, 4.69) is 4.72 Å². The molecule has 112 valence electrons. The van der Waals surface area contributed by atoms with Crippen molar-refractivity contribution >= 4 is 21.6 Å². The maximum absolute atomic E-state index is 13.9. The lowest BCUT2D eigenvalue weighted by Crippen LogP contribution is -2.47. The zero-order valence-electron chi connectivity index (χ0n) is 11.5. The third-order valence-electron chi connectivity index (χ3n) is 2.79. The molecule has 0 bridgehead atoms. The minimum atomic E-state index is -4.23. The molecule has 0 aliphatic carbocycles. The van der Waals surface area contributed by atoms with E-state index in [1.165, 1.54) is 13.0 Å². The van der Waals surface area contributed by atoms with Crippen molar-refractivity contribution in [3.63, 3.8) is 0 Å². The Morgan fingerprint density at radius 1 is 1.35 bits per heavy atom. The minimum absolute atomic E-state index is 0.102. The normalized spacial score (nSPS) is 13.4. The number of carbonyl (C=O) groups excluding carboxylic acids is 1. The SMILES string of the molecule is Cc1cc(N)cc(S(=O)(=O)NC(C(N)=O)C(C)C)c1F. The second kappa shape index (κ2) is 5.76. The quantitative estimate of drug-likeness (QED) is 0.687. The van der Waals surface area contributed by atoms with Gasteiger partial charge in [-0.05, 0) is 30.5 Å². The van der Waals surface area contributed by atoms with E-state index in [1.54, 1.807) is 13.8 Å². The van der Waals surface area contributed by atoms with E-state index in [0.29, 0.717) is 0 Å². The summed E-state index contributed by atoms with van der Waals surface area (Å²) in [5.74, 6) is -2.10. The van der Waals surface area contributed by atoms with Crippen LogP contribution in [-0.4, -0.2) is 20.4 Å². The molecule has 0 radical (unpaired) electrons. The summed E-state index contributed by atoms with van der Waals surface area (Å²) in [4.78, 5) is 10.7. The molecule has 1 unspecified atom stereocenters. The first-order valence-corrected chi connectivity index (χ1v) is 7.42. The number of hydrogen-bond donors (Lipinski definition) is 3. The molecule has 20 heavy (non-hydrogen) atoms. The number of hydrogen-bond acceptors (Lipinski definition) is 4. The molecule has 0 heterocycles. The Kier molecular flexibility index (Phi) is 4.72. The molecule has 0 fully saturated rings. The van der Waals surface area contributed by atoms with Crippen molar-refractivity contribution in [1.29, 1.82) is 0 Å². The first kappa shape index (κ1) is 16.4. The summed E-state index contributed by atoms with van der Waals surface area (Å²) in [6.45, 7) is 4.65. The van der Waals surface area contributed by atoms with Gasteiger partial charge in [0, 0.05) is 5.69 Å². The Morgan fingerprint density at radius 3 is 2.35 bits per heavy atom. The fraction of sp³-hybridized carbons (Fsp3) is 0.417. The van der Waals surface area contributed by atoms with Gasteiger partial charge >= 0.3 is 0 Å². The van der Waals surface area contributed by atoms with Crippen molar-refractivity contribution in [3.05, 3.63) is 23.5 Å². The second-order valence-electron chi connectivity index (χ2n) is 4.90. The van der Waals surface area contributed by atoms with Crippen molar-refractivity contribution in [2.45, 2.75) is 31.7 Å². The summed E-state index contributed by atoms with van der Waals surface area (Å²) in [5, 5.41) is 0. The van der Waals surface area contributed by atoms with Gasteiger partial charge in [0.05, 0.1) is 0 Å². The number of nitrogen functional groups attached to an aromatic ring is 1. The average molecular weight is 303 g/mol. The molecule has 6 nitrogen and oxygen atoms in total. The number of benzene rings is 1. The van der Waals surface area contributed by atoms with Crippen LogP contribution < -0.4 is 16.2 Å². The van der Waals surface area contributed by atoms with Crippen molar-refractivity contribution < 1.29 is 17.6 Å². The van der Waals surface area contributed by atoms with Gasteiger partial charge < -0.3 is 11.5 Å². The van der Waals surface area contributed by atoms with E-state index >= 15 is 0 Å². The summed E-state index contributed by atoms with van der Waals surface area (Å²) in [5.41, 5.74) is 10.9. The molecule has 0 aromatic heterocycles. The number of amides is 1. The lowest BCUT2D eigenvalue weighted by molar-refractivity contribution is -0.120. The predicted octanol–water partition coefficient (Wildman–Crippen LogP) is 0.505. The summed E-state index contributed by atoms with van der Waals surface area (Å²) in [6.07, 6.45) is 0. The molecule has 8 heteroatoms. The van der Waals surface area contributed by atoms with Crippen LogP contribution in [0.1, 0.15) is 19.4 Å². The molecule has 1 atom stereocenters. The second-order valence-corrected chi connectivity index (χ2v) is 6.58. The highest BCUT2D eigenvalue weighted by Crippen LogP contribution is 2.22. The molecule has 1 aromatic carbocycles. The van der Waals surface area contributed by atoms with Crippen LogP contribution >= 0.6 is 0 Å². The number of rotatable bonds is 5. The molecule has 1 rings (SSSR count). The van der Waals surface area contributed by atoms with Gasteiger partial charge in [-0.3, -0.25) is 4.79 Å². The van der Waals surface area contributed by atoms with Gasteiger partial charge in [-0.15, -0.1) is 0 Å². The Labute approximate surface area is 117 Å². The number of nitrogens with one attached hydrogen (secondary N) is 1. The molecule has 0 spiro atoms. The molecule has 0 saturated carbocycles. The third-order valence-corrected chi connectivity index (χ3v) is 4.23. The molecule has 0 saturated heterocycles. The zero-order valence-corrected chi connectivity index (χ0v) is 12.3. The van der Waals surface area contributed by atoms with Gasteiger partial charge in [0.15, 0.2) is 0 Å². The van der Waals surface area contributed by atoms with E-state index in [1.807, 2.05) is 0 Å². The maximum atomic E-state index is 13.9. The van der Waals surface area contributed by atoms with E-state index in [-0.39, 0.29) is 17.2 Å². The van der Waals surface area contributed by atoms with Crippen LogP contribution in [0.5, 0.6) is 0 Å². The topological polar surface area (TPSA) is 115 Å². The third kappa shape index (κ3) is 3.45. The predicted molar refractivity (Wildman–Crippen MR) is 73.7 cm³/mol. The molecule has 1 amide bonds. The minimum Gasteiger partial charge on any atom is -0.399 e. The smallest absolute Gasteiger partial charge is 0.244 e. The van der Waals surface area contributed by atoms with Gasteiger partial charge in [0.2, 0.25) is 15.9 Å². The largest absolute Gasteiger partial charge is 0.399 e. The Balaban J connectivity index is 3.27. The number of anilines is 1. The highest BCUT2D eigenvalue weighted by Gasteiger charge is 2.29. The Bertz CT molecular complexity index is 629. The molecule has 0 aliphatic rings. The van der Waals surface area contributed by atoms with Crippen LogP contribution in [0.25, 0.3) is 0 Å². The van der Waals surface area contributed by atoms with E-state index < -0.39 is 32.7 Å². The van der Waals surface area contributed by atoms with Crippen molar-refractivity contribution in [1.82, 2.24) is 4.72 Å². The summed E-state index contributed by atoms with van der Waals surface area (Å²) < 4.78 is 40.4. The molecular weight excluding hydrogens is 285 g/mol. The van der Waals surface area contributed by atoms with Gasteiger partial charge in [-0.25, -0.2) is 12.8 Å². The molecule has 0 aliphatic heterocycles. The van der Waals surface area contributed by atoms with Crippen molar-refractivity contribution in [2.75, 3.05) is 5.73 Å². The monoisotopic (exact) mass is 303 g/mol. The van der Waals surface area contributed by atoms with Crippen LogP contribution in [0.3, 0.4) is 0 Å². The first-order chi connectivity index (χ1) is 9.06. The van der Waals surface area contributed by atoms with Crippen LogP contribution in [0.15, 0.2) is 17.0 Å². The van der Waals surface area contributed by atoms with E-state index in [9.17, 15) is 17.6 Å². The molecule has 5 N–H and O–H groups in total. The van der Waals surface area contributed by atoms with Gasteiger partial charge in [0.25, 0.3) is 0 Å². The highest BCUT2D eigenvalue weighted by atomic mass is 32.2. The van der Waals surface area contributed by atoms with E-state index in [4.69, 9.17) is 11.5 Å². The lowest BCUT2D eigenvalue weighted by atomic mass is 10.1. The average Bonchev–Trinajstić information content (AvgIpc) is 2.30. The summed E-state index contributed by atoms with van der Waals surface area (Å²) in [6, 6.07) is 1.20. The number of halogens is 1. The molecule has 1 aromatic rings. The maximum Gasteiger partial charge on any atom is 0.244 e. The highest BCUT2D eigenvalue weighted by molar-refractivity contribution is 7.89. The van der Waals surface area contributed by atoms with Crippen LogP contribution in [0.2, 0.25) is 0 Å². The summed E-state index contributed by atoms with van der Waals surface area (Å²) >= 11 is 0. The fourth-order valence-electron chi connectivity index (χ4n) is 1.71. The number of sulfonamides is 1. The lowest BCUT2D eigenvalue weighted by Gasteiger charge is -2.19. The zero-order chi connectivity index (χ0) is 15.7. The number of aryl methyl sites for hydroxylation is 1. The summed E-state index contributed by atoms with van der Waals surface area (Å²) in [7, 11) is -4.23. The van der Waals surface area contributed by atoms with Gasteiger partial charge in [-0.2, -0.15) is 4.72 Å². The van der Waals surface area contributed by atoms with Gasteiger partial charge in [-0.1, -0.05) is 13.8 Å². The standard InChI is InChI=1S/C12H18FN3O3S/c1-6(2)11(12(15)17)16-20(18,19)9-5-8(14)4-7(3)10(9)13/h4-6,11,16H,14H2,1-3H3,(H2,15,17). The van der Waals surface area contributed by atoms with Crippen molar-refractivity contribution in [3.8, 4) is 0 Å². The number of carbonyl (C=O) groups is 1. The van der Waals surface area contributed by atoms with Gasteiger partial charge in [0.1, 0.15) is 16.8 Å². The number of primary amides is 1. The van der Waals surface area contributed by atoms with Crippen molar-refractivity contribution in [2.24, 2.45) is 11.7 Å². The van der Waals surface area contributed by atoms with Crippen LogP contribution in [0.4, 0.5) is 10.1 Å². The Morgan fingerprint density at radius 2 is 1.90 bits per heavy atom. The first-order valence-electron chi connectivity index (χ1n) is 5.93. The van der Waals surface area contributed by atoms with Crippen LogP contribution in [0, 0.1) is 18.7 Å². The van der Waals surface area contributed by atoms with E-state index in [0.717, 1.165) is 6.07 Å². The van der Waals surface area contributed by atoms with Crippen LogP contribution in [-0.2, 0) is 14.8 Å².